The number of piperidine rings is 1. The topological polar surface area (TPSA) is 143 Å². The van der Waals surface area contributed by atoms with Gasteiger partial charge in [-0.1, -0.05) is 12.1 Å². The minimum Gasteiger partial charge on any atom is -0.497 e. The summed E-state index contributed by atoms with van der Waals surface area (Å²) in [6, 6.07) is 10.7. The summed E-state index contributed by atoms with van der Waals surface area (Å²) in [5, 5.41) is 8.04. The molecule has 5 amide bonds. The molecule has 188 valence electrons. The van der Waals surface area contributed by atoms with Crippen molar-refractivity contribution in [2.75, 3.05) is 38.7 Å². The fraction of sp³-hybridized carbons (Fsp3) is 0.320. The van der Waals surface area contributed by atoms with Crippen molar-refractivity contribution in [2.24, 2.45) is 0 Å². The molecule has 2 heterocycles. The predicted octanol–water partition coefficient (Wildman–Crippen LogP) is 0.955. The summed E-state index contributed by atoms with van der Waals surface area (Å²) in [5.41, 5.74) is 1.34. The zero-order chi connectivity index (χ0) is 25.7. The fourth-order valence-electron chi connectivity index (χ4n) is 4.13. The Kier molecular flexibility index (Phi) is 7.59. The molecule has 1 unspecified atom stereocenters. The molecule has 2 aliphatic rings. The van der Waals surface area contributed by atoms with Gasteiger partial charge >= 0.3 is 0 Å². The van der Waals surface area contributed by atoms with Crippen molar-refractivity contribution >= 4 is 35.2 Å². The van der Waals surface area contributed by atoms with E-state index in [9.17, 15) is 24.0 Å². The highest BCUT2D eigenvalue weighted by molar-refractivity contribution is 6.25. The Bertz CT molecular complexity index is 1210. The average molecular weight is 495 g/mol. The first kappa shape index (κ1) is 24.9. The van der Waals surface area contributed by atoms with Crippen LogP contribution in [0.3, 0.4) is 0 Å². The van der Waals surface area contributed by atoms with Crippen LogP contribution in [0.4, 0.5) is 5.69 Å². The molecule has 36 heavy (non-hydrogen) atoms. The second-order valence-corrected chi connectivity index (χ2v) is 8.20. The minimum atomic E-state index is -1.02. The van der Waals surface area contributed by atoms with Gasteiger partial charge in [-0.15, -0.1) is 0 Å². The molecule has 4 rings (SSSR count). The van der Waals surface area contributed by atoms with E-state index in [0.717, 1.165) is 4.90 Å². The van der Waals surface area contributed by atoms with Gasteiger partial charge in [0.2, 0.25) is 11.8 Å². The molecule has 1 saturated heterocycles. The highest BCUT2D eigenvalue weighted by Gasteiger charge is 2.45. The van der Waals surface area contributed by atoms with Crippen molar-refractivity contribution in [1.29, 1.82) is 0 Å². The molecular weight excluding hydrogens is 468 g/mol. The van der Waals surface area contributed by atoms with E-state index < -0.39 is 29.7 Å². The van der Waals surface area contributed by atoms with Crippen LogP contribution in [-0.2, 0) is 14.3 Å². The highest BCUT2D eigenvalue weighted by Crippen LogP contribution is 2.32. The number of nitrogens with one attached hydrogen (secondary N) is 3. The Balaban J connectivity index is 1.25. The zero-order valence-electron chi connectivity index (χ0n) is 19.7. The van der Waals surface area contributed by atoms with Crippen LogP contribution >= 0.6 is 0 Å². The molecular formula is C25H26N4O7. The van der Waals surface area contributed by atoms with Crippen molar-refractivity contribution in [1.82, 2.24) is 15.5 Å². The Morgan fingerprint density at radius 2 is 1.83 bits per heavy atom. The van der Waals surface area contributed by atoms with Crippen LogP contribution in [0.25, 0.3) is 0 Å². The van der Waals surface area contributed by atoms with Gasteiger partial charge in [-0.25, -0.2) is 0 Å². The van der Waals surface area contributed by atoms with E-state index in [-0.39, 0.29) is 43.1 Å². The van der Waals surface area contributed by atoms with Gasteiger partial charge in [0.05, 0.1) is 31.5 Å². The van der Waals surface area contributed by atoms with Crippen molar-refractivity contribution in [3.05, 3.63) is 59.2 Å². The van der Waals surface area contributed by atoms with Crippen LogP contribution in [0.2, 0.25) is 0 Å². The fourth-order valence-corrected chi connectivity index (χ4v) is 4.13. The molecule has 11 heteroatoms. The number of carbonyl (C=O) groups excluding carboxylic acids is 5. The summed E-state index contributed by atoms with van der Waals surface area (Å²) < 4.78 is 10.7. The second-order valence-electron chi connectivity index (χ2n) is 8.20. The number of rotatable bonds is 10. The normalized spacial score (nSPS) is 17.0. The lowest BCUT2D eigenvalue weighted by Crippen LogP contribution is -2.54. The number of amides is 5. The Morgan fingerprint density at radius 3 is 2.61 bits per heavy atom. The quantitative estimate of drug-likeness (QED) is 0.327. The van der Waals surface area contributed by atoms with E-state index in [1.165, 1.54) is 13.2 Å². The lowest BCUT2D eigenvalue weighted by molar-refractivity contribution is -0.136. The third-order valence-corrected chi connectivity index (χ3v) is 5.89. The predicted molar refractivity (Wildman–Crippen MR) is 128 cm³/mol. The number of anilines is 1. The molecule has 0 spiro atoms. The number of hydrogen-bond donors (Lipinski definition) is 3. The van der Waals surface area contributed by atoms with Crippen LogP contribution in [0.15, 0.2) is 42.5 Å². The van der Waals surface area contributed by atoms with Crippen molar-refractivity contribution in [3.8, 4) is 5.75 Å². The Hall–Kier alpha value is -4.25. The minimum absolute atomic E-state index is 0.0618. The van der Waals surface area contributed by atoms with E-state index in [2.05, 4.69) is 16.0 Å². The first-order valence-electron chi connectivity index (χ1n) is 11.5. The van der Waals surface area contributed by atoms with Crippen LogP contribution in [0, 0.1) is 0 Å². The van der Waals surface area contributed by atoms with Crippen LogP contribution in [0.1, 0.15) is 43.9 Å². The lowest BCUT2D eigenvalue weighted by Gasteiger charge is -2.27. The van der Waals surface area contributed by atoms with Gasteiger partial charge in [0.25, 0.3) is 17.7 Å². The standard InChI is InChI=1S/C25H26N4O7/c1-35-16-5-2-4-15(14-16)22(31)27-11-13-36-12-10-26-18-7-3-6-17-21(18)25(34)29(24(17)33)19-8-9-20(30)28-23(19)32/h2-7,14,19,26H,8-13H2,1H3,(H,27,31)(H,28,30,32). The monoisotopic (exact) mass is 494 g/mol. The molecule has 0 radical (unpaired) electrons. The Morgan fingerprint density at radius 1 is 1.06 bits per heavy atom. The molecule has 0 saturated carbocycles. The third-order valence-electron chi connectivity index (χ3n) is 5.89. The number of carbonyl (C=O) groups is 5. The summed E-state index contributed by atoms with van der Waals surface area (Å²) in [6.07, 6.45) is 0.160. The maximum atomic E-state index is 13.1. The number of imide groups is 2. The van der Waals surface area contributed by atoms with Gasteiger partial charge in [0.1, 0.15) is 11.8 Å². The summed E-state index contributed by atoms with van der Waals surface area (Å²) >= 11 is 0. The van der Waals surface area contributed by atoms with Crippen molar-refractivity contribution < 1.29 is 33.4 Å². The van der Waals surface area contributed by atoms with Gasteiger partial charge in [0, 0.05) is 30.8 Å². The molecule has 11 nitrogen and oxygen atoms in total. The second kappa shape index (κ2) is 11.0. The smallest absolute Gasteiger partial charge is 0.264 e. The lowest BCUT2D eigenvalue weighted by atomic mass is 10.0. The zero-order valence-corrected chi connectivity index (χ0v) is 19.7. The first-order chi connectivity index (χ1) is 17.4. The SMILES string of the molecule is COc1cccc(C(=O)NCCOCCNc2cccc3c2C(=O)N(C2CCC(=O)NC2=O)C3=O)c1. The number of nitrogens with zero attached hydrogens (tertiary/aromatic N) is 1. The van der Waals surface area contributed by atoms with E-state index in [4.69, 9.17) is 9.47 Å². The molecule has 3 N–H and O–H groups in total. The van der Waals surface area contributed by atoms with Crippen LogP contribution < -0.4 is 20.7 Å². The van der Waals surface area contributed by atoms with E-state index in [1.54, 1.807) is 36.4 Å². The maximum Gasteiger partial charge on any atom is 0.264 e. The third kappa shape index (κ3) is 5.20. The van der Waals surface area contributed by atoms with E-state index >= 15 is 0 Å². The molecule has 0 aromatic heterocycles. The van der Waals surface area contributed by atoms with E-state index in [0.29, 0.717) is 30.1 Å². The van der Waals surface area contributed by atoms with Gasteiger partial charge in [0.15, 0.2) is 0 Å². The molecule has 0 bridgehead atoms. The van der Waals surface area contributed by atoms with Gasteiger partial charge in [-0.3, -0.25) is 34.2 Å². The summed E-state index contributed by atoms with van der Waals surface area (Å²) in [5.74, 6) is -1.85. The maximum absolute atomic E-state index is 13.1. The van der Waals surface area contributed by atoms with Crippen molar-refractivity contribution in [2.45, 2.75) is 18.9 Å². The number of hydrogen-bond acceptors (Lipinski definition) is 8. The van der Waals surface area contributed by atoms with Gasteiger partial charge < -0.3 is 20.1 Å². The number of methoxy groups -OCH3 is 1. The summed E-state index contributed by atoms with van der Waals surface area (Å²) in [4.78, 5) is 62.7. The molecule has 2 aliphatic heterocycles. The summed E-state index contributed by atoms with van der Waals surface area (Å²) in [7, 11) is 1.53. The largest absolute Gasteiger partial charge is 0.497 e. The first-order valence-corrected chi connectivity index (χ1v) is 11.5. The van der Waals surface area contributed by atoms with Crippen LogP contribution in [0.5, 0.6) is 5.75 Å². The number of benzene rings is 2. The van der Waals surface area contributed by atoms with Gasteiger partial charge in [-0.2, -0.15) is 0 Å². The van der Waals surface area contributed by atoms with Crippen molar-refractivity contribution in [3.63, 3.8) is 0 Å². The highest BCUT2D eigenvalue weighted by atomic mass is 16.5. The molecule has 2 aromatic rings. The van der Waals surface area contributed by atoms with Gasteiger partial charge in [-0.05, 0) is 36.8 Å². The Labute approximate surface area is 207 Å². The van der Waals surface area contributed by atoms with Crippen LogP contribution in [-0.4, -0.2) is 73.9 Å². The number of fused-ring (bicyclic) bond motifs is 1. The summed E-state index contributed by atoms with van der Waals surface area (Å²) in [6.45, 7) is 1.23. The molecule has 0 aliphatic carbocycles. The number of ether oxygens (including phenoxy) is 2. The average Bonchev–Trinajstić information content (AvgIpc) is 3.13. The molecule has 1 fully saturated rings. The van der Waals surface area contributed by atoms with E-state index in [1.807, 2.05) is 0 Å². The molecule has 1 atom stereocenters. The molecule has 2 aromatic carbocycles.